The first-order valence-corrected chi connectivity index (χ1v) is 15.7. The van der Waals surface area contributed by atoms with Gasteiger partial charge >= 0.3 is 6.09 Å². The van der Waals surface area contributed by atoms with E-state index < -0.39 is 28.7 Å². The predicted octanol–water partition coefficient (Wildman–Crippen LogP) is 4.96. The summed E-state index contributed by atoms with van der Waals surface area (Å²) in [5.74, 6) is -3.51. The highest BCUT2D eigenvalue weighted by molar-refractivity contribution is 5.98. The Labute approximate surface area is 263 Å². The minimum atomic E-state index is -3.16. The number of anilines is 1. The van der Waals surface area contributed by atoms with E-state index in [-0.39, 0.29) is 56.4 Å². The average Bonchev–Trinajstić information content (AvgIpc) is 3.41. The summed E-state index contributed by atoms with van der Waals surface area (Å²) < 4.78 is 35.4. The summed E-state index contributed by atoms with van der Waals surface area (Å²) in [6.07, 6.45) is -0.533. The molecule has 1 aromatic heterocycles. The largest absolute Gasteiger partial charge is 0.444 e. The second kappa shape index (κ2) is 11.9. The molecule has 1 saturated heterocycles. The topological polar surface area (TPSA) is 99.2 Å². The Bertz CT molecular complexity index is 1480. The molecule has 0 aliphatic carbocycles. The van der Waals surface area contributed by atoms with Gasteiger partial charge in [-0.15, -0.1) is 5.10 Å². The lowest BCUT2D eigenvalue weighted by Gasteiger charge is -2.46. The first-order chi connectivity index (χ1) is 21.0. The third kappa shape index (κ3) is 6.66. The molecule has 10 nitrogen and oxygen atoms in total. The fourth-order valence-electron chi connectivity index (χ4n) is 6.50. The predicted molar refractivity (Wildman–Crippen MR) is 165 cm³/mol. The maximum absolute atomic E-state index is 14.9. The first-order valence-electron chi connectivity index (χ1n) is 15.7. The molecule has 4 heterocycles. The van der Waals surface area contributed by atoms with Crippen molar-refractivity contribution in [3.05, 3.63) is 52.8 Å². The van der Waals surface area contributed by atoms with Gasteiger partial charge < -0.3 is 19.4 Å². The van der Waals surface area contributed by atoms with Gasteiger partial charge in [0.15, 0.2) is 0 Å². The summed E-state index contributed by atoms with van der Waals surface area (Å²) in [6.45, 7) is 14.5. The van der Waals surface area contributed by atoms with Gasteiger partial charge in [0.1, 0.15) is 11.3 Å². The highest BCUT2D eigenvalue weighted by Gasteiger charge is 2.45. The van der Waals surface area contributed by atoms with Crippen molar-refractivity contribution in [2.75, 3.05) is 37.6 Å². The lowest BCUT2D eigenvalue weighted by molar-refractivity contribution is -0.121. The van der Waals surface area contributed by atoms with Gasteiger partial charge in [-0.3, -0.25) is 14.5 Å². The Morgan fingerprint density at radius 3 is 2.49 bits per heavy atom. The van der Waals surface area contributed by atoms with Crippen molar-refractivity contribution >= 4 is 23.6 Å². The molecule has 1 aromatic carbocycles. The van der Waals surface area contributed by atoms with E-state index in [4.69, 9.17) is 4.74 Å². The molecule has 2 aromatic rings. The molecule has 0 spiro atoms. The molecule has 1 fully saturated rings. The molecule has 0 unspecified atom stereocenters. The van der Waals surface area contributed by atoms with Crippen molar-refractivity contribution in [3.63, 3.8) is 0 Å². The Balaban J connectivity index is 1.40. The lowest BCUT2D eigenvalue weighted by atomic mass is 9.91. The van der Waals surface area contributed by atoms with Gasteiger partial charge in [-0.05, 0) is 45.4 Å². The number of hydrogen-bond donors (Lipinski definition) is 0. The number of nitrogens with zero attached hydrogens (tertiary/aromatic N) is 6. The van der Waals surface area contributed by atoms with Gasteiger partial charge in [-0.25, -0.2) is 4.79 Å². The monoisotopic (exact) mass is 626 g/mol. The van der Waals surface area contributed by atoms with E-state index in [1.165, 1.54) is 11.0 Å². The Hall–Kier alpha value is -3.67. The molecule has 45 heavy (non-hydrogen) atoms. The summed E-state index contributed by atoms with van der Waals surface area (Å²) in [6, 6.07) is 8.14. The van der Waals surface area contributed by atoms with Gasteiger partial charge in [0, 0.05) is 62.2 Å². The number of alkyl halides is 2. The summed E-state index contributed by atoms with van der Waals surface area (Å²) in [5, 5.41) is 8.05. The zero-order chi connectivity index (χ0) is 32.9. The molecule has 244 valence electrons. The van der Waals surface area contributed by atoms with E-state index in [0.717, 1.165) is 5.56 Å². The van der Waals surface area contributed by atoms with Crippen LogP contribution in [0.1, 0.15) is 88.6 Å². The van der Waals surface area contributed by atoms with Crippen LogP contribution < -0.4 is 4.90 Å². The van der Waals surface area contributed by atoms with Gasteiger partial charge in [0.05, 0.1) is 17.9 Å². The fourth-order valence-corrected chi connectivity index (χ4v) is 6.50. The molecule has 3 amide bonds. The lowest BCUT2D eigenvalue weighted by Crippen LogP contribution is -2.63. The second-order valence-electron chi connectivity index (χ2n) is 14.2. The van der Waals surface area contributed by atoms with Crippen molar-refractivity contribution in [1.82, 2.24) is 24.9 Å². The molecule has 3 aliphatic rings. The standard InChI is InChI=1S/C33H44F2N6O4/c1-8-13-33(34,35)26-14-25-28(37-36-26)32(6,7)20-41(25)27(42)19-38-15-21(2)40(30(44)45-31(3,4)5)18-23(38)17-39-16-22-11-9-10-12-24(22)29(39)43/h9-12,14,21,23H,8,13,15-20H2,1-7H3/t21-,23+/m1/s1. The molecule has 0 saturated carbocycles. The van der Waals surface area contributed by atoms with Crippen LogP contribution in [0.15, 0.2) is 30.3 Å². The number of carbonyl (C=O) groups excluding carboxylic acids is 3. The van der Waals surface area contributed by atoms with Crippen molar-refractivity contribution in [2.24, 2.45) is 0 Å². The van der Waals surface area contributed by atoms with E-state index in [1.807, 2.05) is 70.7 Å². The van der Waals surface area contributed by atoms with Crippen molar-refractivity contribution in [2.45, 2.75) is 96.9 Å². The molecule has 0 bridgehead atoms. The van der Waals surface area contributed by atoms with Crippen LogP contribution in [0.3, 0.4) is 0 Å². The summed E-state index contributed by atoms with van der Waals surface area (Å²) >= 11 is 0. The molecule has 12 heteroatoms. The number of fused-ring (bicyclic) bond motifs is 2. The van der Waals surface area contributed by atoms with Gasteiger partial charge in [-0.2, -0.15) is 13.9 Å². The van der Waals surface area contributed by atoms with E-state index in [0.29, 0.717) is 36.6 Å². The van der Waals surface area contributed by atoms with Gasteiger partial charge in [-0.1, -0.05) is 45.4 Å². The summed E-state index contributed by atoms with van der Waals surface area (Å²) in [4.78, 5) is 47.5. The Morgan fingerprint density at radius 1 is 1.11 bits per heavy atom. The normalized spacial score (nSPS) is 21.6. The van der Waals surface area contributed by atoms with Gasteiger partial charge in [0.25, 0.3) is 11.8 Å². The van der Waals surface area contributed by atoms with E-state index in [1.54, 1.807) is 16.7 Å². The third-order valence-corrected chi connectivity index (χ3v) is 8.75. The number of ether oxygens (including phenoxy) is 1. The SMILES string of the molecule is CCCC(F)(F)c1cc2c(nn1)C(C)(C)CN2C(=O)CN1C[C@@H](C)N(C(=O)OC(C)(C)C)C[C@@H]1CN1Cc2ccccc2C1=O. The second-order valence-corrected chi connectivity index (χ2v) is 14.2. The number of halogens is 2. The number of carbonyl (C=O) groups is 3. The van der Waals surface area contributed by atoms with E-state index >= 15 is 0 Å². The van der Waals surface area contributed by atoms with E-state index in [2.05, 4.69) is 10.2 Å². The number of aromatic nitrogens is 2. The van der Waals surface area contributed by atoms with E-state index in [9.17, 15) is 23.2 Å². The maximum Gasteiger partial charge on any atom is 0.410 e. The van der Waals surface area contributed by atoms with Crippen LogP contribution in [0.2, 0.25) is 0 Å². The zero-order valence-electron chi connectivity index (χ0n) is 27.3. The number of rotatable bonds is 7. The average molecular weight is 627 g/mol. The quantitative estimate of drug-likeness (QED) is 0.429. The minimum Gasteiger partial charge on any atom is -0.444 e. The molecular weight excluding hydrogens is 582 g/mol. The van der Waals surface area contributed by atoms with Crippen LogP contribution in [0, 0.1) is 0 Å². The first kappa shape index (κ1) is 32.7. The van der Waals surface area contributed by atoms with Crippen LogP contribution in [-0.2, 0) is 27.4 Å². The van der Waals surface area contributed by atoms with Crippen LogP contribution in [0.25, 0.3) is 0 Å². The smallest absolute Gasteiger partial charge is 0.410 e. The maximum atomic E-state index is 14.9. The minimum absolute atomic E-state index is 0.0231. The van der Waals surface area contributed by atoms with Crippen LogP contribution >= 0.6 is 0 Å². The summed E-state index contributed by atoms with van der Waals surface area (Å²) in [7, 11) is 0. The number of piperazine rings is 1. The van der Waals surface area contributed by atoms with Crippen molar-refractivity contribution < 1.29 is 27.9 Å². The van der Waals surface area contributed by atoms with Gasteiger partial charge in [0.2, 0.25) is 5.91 Å². The Morgan fingerprint density at radius 2 is 1.82 bits per heavy atom. The molecule has 0 radical (unpaired) electrons. The van der Waals surface area contributed by atoms with Crippen molar-refractivity contribution in [3.8, 4) is 0 Å². The van der Waals surface area contributed by atoms with Crippen molar-refractivity contribution in [1.29, 1.82) is 0 Å². The third-order valence-electron chi connectivity index (χ3n) is 8.75. The zero-order valence-corrected chi connectivity index (χ0v) is 27.3. The molecule has 5 rings (SSSR count). The molecule has 2 atom stereocenters. The molecule has 0 N–H and O–H groups in total. The molecular formula is C33H44F2N6O4. The van der Waals surface area contributed by atoms with Crippen LogP contribution in [-0.4, -0.2) is 93.2 Å². The highest BCUT2D eigenvalue weighted by atomic mass is 19.3. The number of amides is 3. The highest BCUT2D eigenvalue weighted by Crippen LogP contribution is 2.42. The molecule has 3 aliphatic heterocycles. The number of benzene rings is 1. The van der Waals surface area contributed by atoms with Crippen LogP contribution in [0.4, 0.5) is 19.3 Å². The number of hydrogen-bond acceptors (Lipinski definition) is 7. The Kier molecular flexibility index (Phi) is 8.67. The summed E-state index contributed by atoms with van der Waals surface area (Å²) in [5.41, 5.74) is 0.749. The van der Waals surface area contributed by atoms with Crippen LogP contribution in [0.5, 0.6) is 0 Å². The fraction of sp³-hybridized carbons (Fsp3) is 0.606.